The second-order valence-corrected chi connectivity index (χ2v) is 6.72. The standard InChI is InChI=1S/C18H22ClN5O2/c1-23(18(25)13-9-14(19)15(20)10-16(13)26-2)12-5-4-8-24(11-12)17-6-3-7-21-22-17/h3,6-7,9-10,12H,4-5,8,11,20H2,1-2H3. The fourth-order valence-corrected chi connectivity index (χ4v) is 3.37. The van der Waals surface area contributed by atoms with Crippen molar-refractivity contribution in [3.8, 4) is 5.75 Å². The average Bonchev–Trinajstić information content (AvgIpc) is 2.69. The van der Waals surface area contributed by atoms with Gasteiger partial charge in [-0.3, -0.25) is 4.79 Å². The van der Waals surface area contributed by atoms with Crippen molar-refractivity contribution in [3.05, 3.63) is 41.0 Å². The largest absolute Gasteiger partial charge is 0.496 e. The number of nitrogen functional groups attached to an aromatic ring is 1. The average molecular weight is 376 g/mol. The van der Waals surface area contributed by atoms with Gasteiger partial charge < -0.3 is 20.3 Å². The number of benzene rings is 1. The molecule has 3 rings (SSSR count). The van der Waals surface area contributed by atoms with Gasteiger partial charge in [0, 0.05) is 38.4 Å². The molecular formula is C18H22ClN5O2. The number of hydrogen-bond donors (Lipinski definition) is 1. The lowest BCUT2D eigenvalue weighted by Crippen LogP contribution is -2.49. The summed E-state index contributed by atoms with van der Waals surface area (Å²) in [6.45, 7) is 1.60. The van der Waals surface area contributed by atoms with E-state index in [4.69, 9.17) is 22.1 Å². The van der Waals surface area contributed by atoms with E-state index in [0.29, 0.717) is 28.6 Å². The van der Waals surface area contributed by atoms with Crippen molar-refractivity contribution in [2.24, 2.45) is 0 Å². The van der Waals surface area contributed by atoms with Gasteiger partial charge in [0.25, 0.3) is 5.91 Å². The van der Waals surface area contributed by atoms with Gasteiger partial charge >= 0.3 is 0 Å². The summed E-state index contributed by atoms with van der Waals surface area (Å²) in [5, 5.41) is 8.45. The van der Waals surface area contributed by atoms with Gasteiger partial charge in [0.05, 0.1) is 23.4 Å². The Labute approximate surface area is 157 Å². The molecule has 26 heavy (non-hydrogen) atoms. The molecule has 138 valence electrons. The number of aromatic nitrogens is 2. The number of methoxy groups -OCH3 is 1. The molecule has 2 aromatic rings. The van der Waals surface area contributed by atoms with Crippen LogP contribution in [-0.2, 0) is 0 Å². The van der Waals surface area contributed by atoms with E-state index in [1.165, 1.54) is 7.11 Å². The Hall–Kier alpha value is -2.54. The predicted molar refractivity (Wildman–Crippen MR) is 102 cm³/mol. The second kappa shape index (κ2) is 7.78. The molecule has 1 aromatic heterocycles. The number of nitrogens with two attached hydrogens (primary N) is 1. The molecule has 0 spiro atoms. The first-order chi connectivity index (χ1) is 12.5. The maximum Gasteiger partial charge on any atom is 0.257 e. The number of carbonyl (C=O) groups is 1. The Kier molecular flexibility index (Phi) is 5.46. The van der Waals surface area contributed by atoms with E-state index in [-0.39, 0.29) is 11.9 Å². The van der Waals surface area contributed by atoms with E-state index in [2.05, 4.69) is 15.1 Å². The Morgan fingerprint density at radius 2 is 2.27 bits per heavy atom. The van der Waals surface area contributed by atoms with Crippen LogP contribution in [0.4, 0.5) is 11.5 Å². The van der Waals surface area contributed by atoms with E-state index in [0.717, 1.165) is 25.2 Å². The molecule has 2 heterocycles. The third-order valence-electron chi connectivity index (χ3n) is 4.70. The zero-order chi connectivity index (χ0) is 18.7. The lowest BCUT2D eigenvalue weighted by Gasteiger charge is -2.38. The van der Waals surface area contributed by atoms with Crippen LogP contribution in [0.25, 0.3) is 0 Å². The molecule has 1 atom stereocenters. The summed E-state index contributed by atoms with van der Waals surface area (Å²) in [6.07, 6.45) is 3.54. The molecular weight excluding hydrogens is 354 g/mol. The Balaban J connectivity index is 1.79. The normalized spacial score (nSPS) is 17.0. The van der Waals surface area contributed by atoms with Crippen molar-refractivity contribution in [1.82, 2.24) is 15.1 Å². The van der Waals surface area contributed by atoms with Gasteiger partial charge in [-0.15, -0.1) is 5.10 Å². The minimum absolute atomic E-state index is 0.0549. The SMILES string of the molecule is COc1cc(N)c(Cl)cc1C(=O)N(C)C1CCCN(c2cccnn2)C1. The van der Waals surface area contributed by atoms with Gasteiger partial charge in [-0.25, -0.2) is 0 Å². The number of likely N-dealkylation sites (N-methyl/N-ethyl adjacent to an activating group) is 1. The molecule has 0 bridgehead atoms. The van der Waals surface area contributed by atoms with Crippen LogP contribution in [0.1, 0.15) is 23.2 Å². The van der Waals surface area contributed by atoms with Crippen LogP contribution in [0.5, 0.6) is 5.75 Å². The molecule has 1 saturated heterocycles. The molecule has 0 aliphatic carbocycles. The smallest absolute Gasteiger partial charge is 0.257 e. The molecule has 1 unspecified atom stereocenters. The van der Waals surface area contributed by atoms with Gasteiger partial charge in [0.15, 0.2) is 5.82 Å². The first-order valence-corrected chi connectivity index (χ1v) is 8.82. The third-order valence-corrected chi connectivity index (χ3v) is 5.02. The number of halogens is 1. The highest BCUT2D eigenvalue weighted by molar-refractivity contribution is 6.33. The molecule has 0 saturated carbocycles. The fourth-order valence-electron chi connectivity index (χ4n) is 3.20. The van der Waals surface area contributed by atoms with Crippen LogP contribution in [0.2, 0.25) is 5.02 Å². The first-order valence-electron chi connectivity index (χ1n) is 8.44. The van der Waals surface area contributed by atoms with Crippen molar-refractivity contribution in [1.29, 1.82) is 0 Å². The van der Waals surface area contributed by atoms with Crippen molar-refractivity contribution >= 4 is 29.0 Å². The molecule has 2 N–H and O–H groups in total. The van der Waals surface area contributed by atoms with Gasteiger partial charge in [0.2, 0.25) is 0 Å². The zero-order valence-electron chi connectivity index (χ0n) is 14.9. The number of anilines is 2. The summed E-state index contributed by atoms with van der Waals surface area (Å²) in [7, 11) is 3.31. The molecule has 7 nitrogen and oxygen atoms in total. The number of carbonyl (C=O) groups excluding carboxylic acids is 1. The molecule has 8 heteroatoms. The molecule has 1 fully saturated rings. The van der Waals surface area contributed by atoms with Crippen LogP contribution < -0.4 is 15.4 Å². The lowest BCUT2D eigenvalue weighted by atomic mass is 10.0. The third kappa shape index (κ3) is 3.67. The van der Waals surface area contributed by atoms with E-state index >= 15 is 0 Å². The zero-order valence-corrected chi connectivity index (χ0v) is 15.6. The number of nitrogens with zero attached hydrogens (tertiary/aromatic N) is 4. The summed E-state index contributed by atoms with van der Waals surface area (Å²) in [6, 6.07) is 7.00. The number of piperidine rings is 1. The molecule has 0 radical (unpaired) electrons. The summed E-state index contributed by atoms with van der Waals surface area (Å²) in [4.78, 5) is 16.9. The number of rotatable bonds is 4. The summed E-state index contributed by atoms with van der Waals surface area (Å²) in [5.74, 6) is 1.10. The monoisotopic (exact) mass is 375 g/mol. The fraction of sp³-hybridized carbons (Fsp3) is 0.389. The minimum atomic E-state index is -0.144. The van der Waals surface area contributed by atoms with E-state index in [1.807, 2.05) is 12.1 Å². The van der Waals surface area contributed by atoms with Gasteiger partial charge in [-0.2, -0.15) is 5.10 Å². The molecule has 1 aliphatic rings. The highest BCUT2D eigenvalue weighted by atomic mass is 35.5. The summed E-state index contributed by atoms with van der Waals surface area (Å²) in [5.41, 5.74) is 6.60. The number of hydrogen-bond acceptors (Lipinski definition) is 6. The van der Waals surface area contributed by atoms with Gasteiger partial charge in [0.1, 0.15) is 5.75 Å². The minimum Gasteiger partial charge on any atom is -0.496 e. The summed E-state index contributed by atoms with van der Waals surface area (Å²) >= 11 is 6.11. The Morgan fingerprint density at radius 1 is 1.46 bits per heavy atom. The van der Waals surface area contributed by atoms with Crippen molar-refractivity contribution in [2.75, 3.05) is 37.9 Å². The van der Waals surface area contributed by atoms with Crippen LogP contribution in [0.15, 0.2) is 30.5 Å². The number of amides is 1. The second-order valence-electron chi connectivity index (χ2n) is 6.31. The maximum atomic E-state index is 13.0. The summed E-state index contributed by atoms with van der Waals surface area (Å²) < 4.78 is 5.32. The van der Waals surface area contributed by atoms with Crippen LogP contribution in [0, 0.1) is 0 Å². The quantitative estimate of drug-likeness (QED) is 0.826. The van der Waals surface area contributed by atoms with Crippen LogP contribution >= 0.6 is 11.6 Å². The predicted octanol–water partition coefficient (Wildman–Crippen LogP) is 2.46. The highest BCUT2D eigenvalue weighted by Gasteiger charge is 2.29. The maximum absolute atomic E-state index is 13.0. The van der Waals surface area contributed by atoms with Gasteiger partial charge in [-0.05, 0) is 31.0 Å². The van der Waals surface area contributed by atoms with Crippen LogP contribution in [-0.4, -0.2) is 54.3 Å². The molecule has 1 aromatic carbocycles. The Morgan fingerprint density at radius 3 is 2.96 bits per heavy atom. The van der Waals surface area contributed by atoms with Crippen molar-refractivity contribution < 1.29 is 9.53 Å². The molecule has 1 aliphatic heterocycles. The Bertz CT molecular complexity index is 787. The van der Waals surface area contributed by atoms with Crippen molar-refractivity contribution in [3.63, 3.8) is 0 Å². The first kappa shape index (κ1) is 18.3. The van der Waals surface area contributed by atoms with E-state index in [9.17, 15) is 4.79 Å². The lowest BCUT2D eigenvalue weighted by molar-refractivity contribution is 0.0714. The highest BCUT2D eigenvalue weighted by Crippen LogP contribution is 2.30. The van der Waals surface area contributed by atoms with Crippen LogP contribution in [0.3, 0.4) is 0 Å². The van der Waals surface area contributed by atoms with Gasteiger partial charge in [-0.1, -0.05) is 11.6 Å². The topological polar surface area (TPSA) is 84.6 Å². The number of ether oxygens (including phenoxy) is 1. The van der Waals surface area contributed by atoms with Crippen molar-refractivity contribution in [2.45, 2.75) is 18.9 Å². The molecule has 1 amide bonds. The van der Waals surface area contributed by atoms with E-state index in [1.54, 1.807) is 30.3 Å². The van der Waals surface area contributed by atoms with E-state index < -0.39 is 0 Å².